The summed E-state index contributed by atoms with van der Waals surface area (Å²) in [4.78, 5) is 58.8. The van der Waals surface area contributed by atoms with Gasteiger partial charge >= 0.3 is 18.0 Å². The lowest BCUT2D eigenvalue weighted by atomic mass is 9.78. The molecule has 1 aromatic carbocycles. The molecule has 2 heterocycles. The van der Waals surface area contributed by atoms with E-state index >= 15 is 0 Å². The second-order valence-corrected chi connectivity index (χ2v) is 17.7. The van der Waals surface area contributed by atoms with Crippen molar-refractivity contribution in [3.05, 3.63) is 46.3 Å². The summed E-state index contributed by atoms with van der Waals surface area (Å²) in [6.07, 6.45) is 0.426. The predicted octanol–water partition coefficient (Wildman–Crippen LogP) is 6.96. The Kier molecular flexibility index (Phi) is 19.3. The third-order valence-corrected chi connectivity index (χ3v) is 13.0. The van der Waals surface area contributed by atoms with Gasteiger partial charge in [-0.3, -0.25) is 14.5 Å². The number of carbonyl (C=O) groups excluding carboxylic acids is 3. The first-order chi connectivity index (χ1) is 28.3. The molecule has 60 heavy (non-hydrogen) atoms. The lowest BCUT2D eigenvalue weighted by molar-refractivity contribution is -0.286. The molecule has 13 atom stereocenters. The molecule has 16 heteroatoms. The highest BCUT2D eigenvalue weighted by Crippen LogP contribution is 2.40. The molecule has 0 aromatic heterocycles. The molecular formula is C44H72N6O10. The van der Waals surface area contributed by atoms with Crippen LogP contribution in [0.25, 0.3) is 10.4 Å². The number of nitrogens with one attached hydrogen (secondary N) is 1. The van der Waals surface area contributed by atoms with Crippen molar-refractivity contribution in [3.63, 3.8) is 0 Å². The van der Waals surface area contributed by atoms with Gasteiger partial charge in [0.15, 0.2) is 12.1 Å². The van der Waals surface area contributed by atoms with E-state index in [-0.39, 0.29) is 48.6 Å². The summed E-state index contributed by atoms with van der Waals surface area (Å²) in [6, 6.07) is 8.24. The molecule has 0 spiro atoms. The molecule has 3 unspecified atom stereocenters. The van der Waals surface area contributed by atoms with Crippen LogP contribution < -0.4 is 5.32 Å². The maximum atomic E-state index is 13.8. The zero-order valence-corrected chi connectivity index (χ0v) is 38.0. The van der Waals surface area contributed by atoms with Gasteiger partial charge in [-0.15, -0.1) is 0 Å². The van der Waals surface area contributed by atoms with Crippen molar-refractivity contribution >= 4 is 23.8 Å². The zero-order valence-electron chi connectivity index (χ0n) is 38.0. The number of benzene rings is 1. The molecule has 0 saturated carbocycles. The van der Waals surface area contributed by atoms with Gasteiger partial charge in [0.2, 0.25) is 0 Å². The number of carboxylic acids is 1. The Morgan fingerprint density at radius 1 is 1.15 bits per heavy atom. The second-order valence-electron chi connectivity index (χ2n) is 17.7. The molecule has 0 aliphatic carbocycles. The molecular weight excluding hydrogens is 773 g/mol. The normalized spacial score (nSPS) is 27.1. The summed E-state index contributed by atoms with van der Waals surface area (Å²) < 4.78 is 31.5. The van der Waals surface area contributed by atoms with Crippen LogP contribution in [0.3, 0.4) is 0 Å². The Balaban J connectivity index is 1.87. The largest absolute Gasteiger partial charge is 0.481 e. The summed E-state index contributed by atoms with van der Waals surface area (Å²) in [5, 5.41) is 17.2. The number of esters is 1. The smallest absolute Gasteiger partial charge is 0.410 e. The number of unbranched alkanes of at least 4 members (excludes halogenated alkanes) is 1. The van der Waals surface area contributed by atoms with Crippen LogP contribution in [0.5, 0.6) is 0 Å². The SMILES string of the molecule is CC[C@@H](C)[C@@]1(C)OC(=O)N(CCCCN=[N+]=[N-])[C@@H]1[C@@H](C)NC[C@H](C)C[C@@](C)(OC)[C@H](O[C@@H]1OC(COC(=O)c2ccccc2)CC(N(C)C)C1C)[C@@H](C)C(=O)[C@@H](C)C(=O)O. The van der Waals surface area contributed by atoms with Crippen LogP contribution in [0.4, 0.5) is 4.79 Å². The predicted molar refractivity (Wildman–Crippen MR) is 227 cm³/mol. The fourth-order valence-electron chi connectivity index (χ4n) is 9.02. The van der Waals surface area contributed by atoms with Crippen molar-refractivity contribution in [2.45, 2.75) is 142 Å². The van der Waals surface area contributed by atoms with Gasteiger partial charge in [0.1, 0.15) is 18.1 Å². The van der Waals surface area contributed by atoms with Gasteiger partial charge in [-0.1, -0.05) is 57.9 Å². The minimum Gasteiger partial charge on any atom is -0.481 e. The van der Waals surface area contributed by atoms with Crippen molar-refractivity contribution in [2.75, 3.05) is 47.4 Å². The summed E-state index contributed by atoms with van der Waals surface area (Å²) in [5.41, 5.74) is 7.26. The summed E-state index contributed by atoms with van der Waals surface area (Å²) in [6.45, 7) is 18.6. The number of carbonyl (C=O) groups is 4. The minimum absolute atomic E-state index is 0.0107. The Labute approximate surface area is 356 Å². The van der Waals surface area contributed by atoms with Crippen LogP contribution >= 0.6 is 0 Å². The highest BCUT2D eigenvalue weighted by Gasteiger charge is 2.55. The maximum absolute atomic E-state index is 13.8. The van der Waals surface area contributed by atoms with E-state index in [2.05, 4.69) is 47.9 Å². The highest BCUT2D eigenvalue weighted by atomic mass is 16.7. The number of azide groups is 1. The van der Waals surface area contributed by atoms with Crippen LogP contribution in [-0.4, -0.2) is 134 Å². The first-order valence-electron chi connectivity index (χ1n) is 21.5. The fourth-order valence-corrected chi connectivity index (χ4v) is 9.02. The van der Waals surface area contributed by atoms with Crippen molar-refractivity contribution in [1.29, 1.82) is 0 Å². The number of rotatable bonds is 25. The number of methoxy groups -OCH3 is 1. The molecule has 3 rings (SSSR count). The molecule has 2 aliphatic rings. The van der Waals surface area contributed by atoms with Crippen LogP contribution in [0.2, 0.25) is 0 Å². The van der Waals surface area contributed by atoms with Gasteiger partial charge < -0.3 is 39.0 Å². The average Bonchev–Trinajstić information content (AvgIpc) is 3.49. The molecule has 2 saturated heterocycles. The van der Waals surface area contributed by atoms with E-state index in [1.807, 2.05) is 40.9 Å². The number of aliphatic carboxylic acids is 1. The van der Waals surface area contributed by atoms with E-state index in [1.165, 1.54) is 6.92 Å². The number of ether oxygens (including phenoxy) is 5. The number of Topliss-reactive ketones (excluding diaryl/α,β-unsaturated/α-hetero) is 1. The highest BCUT2D eigenvalue weighted by molar-refractivity contribution is 5.99. The topological polar surface area (TPSA) is 202 Å². The van der Waals surface area contributed by atoms with Crippen LogP contribution in [-0.2, 0) is 33.3 Å². The fraction of sp³-hybridized carbons (Fsp3) is 0.773. The summed E-state index contributed by atoms with van der Waals surface area (Å²) >= 11 is 0. The minimum atomic E-state index is -1.28. The number of hydrogen-bond acceptors (Lipinski definition) is 12. The number of hydrogen-bond donors (Lipinski definition) is 2. The first kappa shape index (κ1) is 50.6. The lowest BCUT2D eigenvalue weighted by Gasteiger charge is -2.47. The molecule has 1 aromatic rings. The standard InChI is InChI=1S/C44H72N6O10/c1-13-28(3)44(9)37(50(42(55)60-44)22-18-17-21-47-48-45)32(7)46-25-27(2)24-43(8,56-12)38(30(5)36(51)31(6)39(52)53)59-41-29(4)35(49(10)11)23-34(58-41)26-57-40(54)33-19-15-14-16-20-33/h14-16,19-20,27-32,34-35,37-38,41,46H,13,17-18,21-26H2,1-12H3,(H,52,53)/t27-,28-,29?,30+,31-,32-,34?,35?,37-,38-,41+,43-,44-/m1/s1. The van der Waals surface area contributed by atoms with Gasteiger partial charge in [-0.2, -0.15) is 0 Å². The van der Waals surface area contributed by atoms with Gasteiger partial charge in [-0.05, 0) is 110 Å². The summed E-state index contributed by atoms with van der Waals surface area (Å²) in [5.74, 6) is -4.55. The summed E-state index contributed by atoms with van der Waals surface area (Å²) in [7, 11) is 5.50. The van der Waals surface area contributed by atoms with E-state index in [4.69, 9.17) is 29.2 Å². The maximum Gasteiger partial charge on any atom is 0.410 e. The number of cyclic esters (lactones) is 1. The van der Waals surface area contributed by atoms with Crippen molar-refractivity contribution in [3.8, 4) is 0 Å². The third-order valence-electron chi connectivity index (χ3n) is 13.0. The Hall–Kier alpha value is -3.79. The van der Waals surface area contributed by atoms with Crippen molar-refractivity contribution in [1.82, 2.24) is 15.1 Å². The monoisotopic (exact) mass is 845 g/mol. The van der Waals surface area contributed by atoms with E-state index in [0.29, 0.717) is 50.9 Å². The van der Waals surface area contributed by atoms with Crippen LogP contribution in [0, 0.1) is 29.6 Å². The van der Waals surface area contributed by atoms with Crippen molar-refractivity contribution < 1.29 is 48.0 Å². The zero-order chi connectivity index (χ0) is 44.9. The number of amides is 1. The van der Waals surface area contributed by atoms with Crippen LogP contribution in [0.1, 0.15) is 105 Å². The van der Waals surface area contributed by atoms with Gasteiger partial charge in [0.25, 0.3) is 0 Å². The third kappa shape index (κ3) is 12.6. The van der Waals surface area contributed by atoms with E-state index < -0.39 is 59.3 Å². The molecule has 0 bridgehead atoms. The van der Waals surface area contributed by atoms with Gasteiger partial charge in [0.05, 0.1) is 29.4 Å². The van der Waals surface area contributed by atoms with Gasteiger partial charge in [-0.25, -0.2) is 9.59 Å². The van der Waals surface area contributed by atoms with E-state index in [0.717, 1.165) is 6.42 Å². The number of ketones is 1. The molecule has 1 amide bonds. The van der Waals surface area contributed by atoms with E-state index in [9.17, 15) is 24.3 Å². The number of nitrogens with zero attached hydrogens (tertiary/aromatic N) is 5. The Morgan fingerprint density at radius 2 is 1.82 bits per heavy atom. The first-order valence-corrected chi connectivity index (χ1v) is 21.5. The molecule has 16 nitrogen and oxygen atoms in total. The lowest BCUT2D eigenvalue weighted by Crippen LogP contribution is -2.58. The van der Waals surface area contributed by atoms with E-state index in [1.54, 1.807) is 43.2 Å². The quantitative estimate of drug-likeness (QED) is 0.0256. The van der Waals surface area contributed by atoms with Crippen molar-refractivity contribution in [2.24, 2.45) is 34.7 Å². The molecule has 2 N–H and O–H groups in total. The number of carboxylic acid groups (broad SMARTS) is 1. The second kappa shape index (κ2) is 22.9. The molecule has 0 radical (unpaired) electrons. The molecule has 2 aliphatic heterocycles. The molecule has 2 fully saturated rings. The molecule has 338 valence electrons. The Bertz CT molecular complexity index is 1610. The average molecular weight is 845 g/mol. The Morgan fingerprint density at radius 3 is 2.40 bits per heavy atom. The van der Waals surface area contributed by atoms with Crippen LogP contribution in [0.15, 0.2) is 35.4 Å². The van der Waals surface area contributed by atoms with Gasteiger partial charge in [0, 0.05) is 49.0 Å².